The Morgan fingerprint density at radius 3 is 2.12 bits per heavy atom. The van der Waals surface area contributed by atoms with Gasteiger partial charge in [0, 0.05) is 18.3 Å². The van der Waals surface area contributed by atoms with Gasteiger partial charge in [0.2, 0.25) is 10.0 Å². The Balaban J connectivity index is 0.00000529. The molecule has 0 bridgehead atoms. The third kappa shape index (κ3) is 5.59. The van der Waals surface area contributed by atoms with Crippen LogP contribution in [0.15, 0.2) is 28.0 Å². The number of rotatable bonds is 8. The van der Waals surface area contributed by atoms with E-state index in [9.17, 15) is 16.8 Å². The van der Waals surface area contributed by atoms with Crippen LogP contribution in [0.3, 0.4) is 0 Å². The number of nitrogens with one attached hydrogen (secondary N) is 1. The fraction of sp³-hybridized carbons (Fsp3) is 0.571. The lowest BCUT2D eigenvalue weighted by Crippen LogP contribution is -2.49. The second kappa shape index (κ2) is 8.48. The van der Waals surface area contributed by atoms with E-state index in [0.717, 1.165) is 12.3 Å². The van der Waals surface area contributed by atoms with E-state index in [4.69, 9.17) is 10.5 Å². The lowest BCUT2D eigenvalue weighted by molar-refractivity contribution is 0.388. The predicted octanol–water partition coefficient (Wildman–Crippen LogP) is 1.32. The van der Waals surface area contributed by atoms with Crippen molar-refractivity contribution in [1.82, 2.24) is 4.72 Å². The number of benzene rings is 1. The molecule has 0 aliphatic rings. The molecular formula is C14H25ClN2O5S2. The molecule has 10 heteroatoms. The number of nitrogens with two attached hydrogens (primary N) is 1. The Hall–Kier alpha value is -0.870. The summed E-state index contributed by atoms with van der Waals surface area (Å²) in [6, 6.07) is 3.71. The second-order valence-electron chi connectivity index (χ2n) is 5.48. The minimum absolute atomic E-state index is 0. The van der Waals surface area contributed by atoms with E-state index in [1.54, 1.807) is 0 Å². The van der Waals surface area contributed by atoms with Crippen LogP contribution in [0.2, 0.25) is 0 Å². The summed E-state index contributed by atoms with van der Waals surface area (Å²) >= 11 is 0. The molecule has 0 unspecified atom stereocenters. The largest absolute Gasteiger partial charge is 0.495 e. The van der Waals surface area contributed by atoms with Gasteiger partial charge in [0.15, 0.2) is 9.84 Å². The monoisotopic (exact) mass is 400 g/mol. The molecule has 1 rings (SSSR count). The first-order valence-electron chi connectivity index (χ1n) is 7.15. The fourth-order valence-corrected chi connectivity index (χ4v) is 3.97. The molecule has 1 aromatic rings. The molecule has 0 atom stereocenters. The third-order valence-corrected chi connectivity index (χ3v) is 6.41. The summed E-state index contributed by atoms with van der Waals surface area (Å²) < 4.78 is 55.8. The number of hydrogen-bond donors (Lipinski definition) is 2. The lowest BCUT2D eigenvalue weighted by Gasteiger charge is -2.26. The van der Waals surface area contributed by atoms with Gasteiger partial charge in [-0.3, -0.25) is 0 Å². The Bertz CT molecular complexity index is 759. The molecule has 1 aromatic carbocycles. The molecule has 7 nitrogen and oxygen atoms in total. The summed E-state index contributed by atoms with van der Waals surface area (Å²) in [5.74, 6) is 0.0699. The summed E-state index contributed by atoms with van der Waals surface area (Å²) in [6.07, 6.45) is 2.22. The first-order valence-corrected chi connectivity index (χ1v) is 10.5. The van der Waals surface area contributed by atoms with E-state index >= 15 is 0 Å². The van der Waals surface area contributed by atoms with E-state index in [1.807, 2.05) is 13.8 Å². The number of sulfonamides is 1. The van der Waals surface area contributed by atoms with Gasteiger partial charge in [-0.25, -0.2) is 21.6 Å². The molecule has 0 aliphatic heterocycles. The van der Waals surface area contributed by atoms with Gasteiger partial charge in [-0.15, -0.1) is 12.4 Å². The van der Waals surface area contributed by atoms with Gasteiger partial charge >= 0.3 is 0 Å². The van der Waals surface area contributed by atoms with Crippen LogP contribution in [0.5, 0.6) is 5.75 Å². The zero-order valence-corrected chi connectivity index (χ0v) is 16.6. The molecular weight excluding hydrogens is 376 g/mol. The van der Waals surface area contributed by atoms with Crippen LogP contribution in [-0.4, -0.2) is 42.3 Å². The second-order valence-corrected chi connectivity index (χ2v) is 9.23. The van der Waals surface area contributed by atoms with Crippen LogP contribution in [0.4, 0.5) is 0 Å². The molecule has 24 heavy (non-hydrogen) atoms. The zero-order chi connectivity index (χ0) is 17.9. The number of hydrogen-bond acceptors (Lipinski definition) is 6. The van der Waals surface area contributed by atoms with Gasteiger partial charge in [-0.2, -0.15) is 0 Å². The third-order valence-electron chi connectivity index (χ3n) is 3.88. The number of halogens is 1. The maximum Gasteiger partial charge on any atom is 0.244 e. The smallest absolute Gasteiger partial charge is 0.244 e. The van der Waals surface area contributed by atoms with Crippen molar-refractivity contribution in [3.05, 3.63) is 18.2 Å². The topological polar surface area (TPSA) is 116 Å². The van der Waals surface area contributed by atoms with Crippen LogP contribution in [0.1, 0.15) is 26.7 Å². The van der Waals surface area contributed by atoms with Gasteiger partial charge in [-0.1, -0.05) is 13.8 Å². The number of ether oxygens (including phenoxy) is 1. The van der Waals surface area contributed by atoms with E-state index in [1.165, 1.54) is 19.2 Å². The van der Waals surface area contributed by atoms with Gasteiger partial charge in [0.05, 0.1) is 12.0 Å². The molecule has 0 fully saturated rings. The fourth-order valence-electron chi connectivity index (χ4n) is 1.91. The maximum atomic E-state index is 12.5. The van der Waals surface area contributed by atoms with Crippen molar-refractivity contribution in [2.75, 3.05) is 19.9 Å². The van der Waals surface area contributed by atoms with Gasteiger partial charge in [0.25, 0.3) is 0 Å². The number of methoxy groups -OCH3 is 1. The summed E-state index contributed by atoms with van der Waals surface area (Å²) in [7, 11) is -6.18. The zero-order valence-electron chi connectivity index (χ0n) is 14.2. The van der Waals surface area contributed by atoms with Crippen molar-refractivity contribution in [3.63, 3.8) is 0 Å². The van der Waals surface area contributed by atoms with E-state index in [-0.39, 0.29) is 34.5 Å². The lowest BCUT2D eigenvalue weighted by atomic mass is 9.95. The van der Waals surface area contributed by atoms with Crippen molar-refractivity contribution in [2.24, 2.45) is 5.73 Å². The Morgan fingerprint density at radius 2 is 1.71 bits per heavy atom. The average Bonchev–Trinajstić information content (AvgIpc) is 2.51. The van der Waals surface area contributed by atoms with Gasteiger partial charge in [0.1, 0.15) is 10.6 Å². The van der Waals surface area contributed by atoms with Crippen LogP contribution in [-0.2, 0) is 19.9 Å². The van der Waals surface area contributed by atoms with Gasteiger partial charge < -0.3 is 10.5 Å². The van der Waals surface area contributed by atoms with Crippen LogP contribution >= 0.6 is 12.4 Å². The van der Waals surface area contributed by atoms with Crippen LogP contribution < -0.4 is 15.2 Å². The van der Waals surface area contributed by atoms with E-state index < -0.39 is 25.4 Å². The quantitative estimate of drug-likeness (QED) is 0.679. The summed E-state index contributed by atoms with van der Waals surface area (Å²) in [4.78, 5) is -0.318. The predicted molar refractivity (Wildman–Crippen MR) is 96.0 cm³/mol. The molecule has 0 saturated heterocycles. The molecule has 0 spiro atoms. The minimum Gasteiger partial charge on any atom is -0.495 e. The van der Waals surface area contributed by atoms with Crippen LogP contribution in [0.25, 0.3) is 0 Å². The van der Waals surface area contributed by atoms with Crippen molar-refractivity contribution in [3.8, 4) is 5.75 Å². The first kappa shape index (κ1) is 23.1. The van der Waals surface area contributed by atoms with Crippen LogP contribution in [0, 0.1) is 0 Å². The Kier molecular flexibility index (Phi) is 8.17. The molecule has 140 valence electrons. The summed E-state index contributed by atoms with van der Waals surface area (Å²) in [5, 5.41) is 0. The van der Waals surface area contributed by atoms with Crippen molar-refractivity contribution >= 4 is 32.3 Å². The van der Waals surface area contributed by atoms with Crippen molar-refractivity contribution in [1.29, 1.82) is 0 Å². The maximum absolute atomic E-state index is 12.5. The molecule has 0 saturated carbocycles. The highest BCUT2D eigenvalue weighted by Gasteiger charge is 2.27. The van der Waals surface area contributed by atoms with Crippen molar-refractivity contribution in [2.45, 2.75) is 42.0 Å². The van der Waals surface area contributed by atoms with E-state index in [2.05, 4.69) is 4.72 Å². The molecule has 0 aromatic heterocycles. The highest BCUT2D eigenvalue weighted by Crippen LogP contribution is 2.27. The average molecular weight is 401 g/mol. The molecule has 0 aliphatic carbocycles. The molecule has 0 heterocycles. The minimum atomic E-state index is -3.96. The highest BCUT2D eigenvalue weighted by molar-refractivity contribution is 7.91. The van der Waals surface area contributed by atoms with Gasteiger partial charge in [-0.05, 0) is 31.0 Å². The summed E-state index contributed by atoms with van der Waals surface area (Å²) in [6.45, 7) is 3.81. The highest BCUT2D eigenvalue weighted by atomic mass is 35.5. The Labute approximate surface area is 150 Å². The molecule has 0 radical (unpaired) electrons. The molecule has 3 N–H and O–H groups in total. The van der Waals surface area contributed by atoms with Crippen molar-refractivity contribution < 1.29 is 21.6 Å². The SMILES string of the molecule is CCC(N)(CC)CNS(=O)(=O)c1cc(S(C)(=O)=O)ccc1OC.Cl. The number of sulfone groups is 1. The molecule has 0 amide bonds. The summed E-state index contributed by atoms with van der Waals surface area (Å²) in [5.41, 5.74) is 5.44. The standard InChI is InChI=1S/C14H24N2O5S2.ClH/c1-5-14(15,6-2)10-16-23(19,20)13-9-11(22(4,17)18)7-8-12(13)21-3;/h7-9,16H,5-6,10,15H2,1-4H3;1H. The first-order chi connectivity index (χ1) is 10.5. The normalized spacial score (nSPS) is 12.5. The Morgan fingerprint density at radius 1 is 1.17 bits per heavy atom. The van der Waals surface area contributed by atoms with E-state index in [0.29, 0.717) is 12.8 Å².